The molecular weight excluding hydrogens is 326 g/mol. The molecule has 1 aromatic heterocycles. The van der Waals surface area contributed by atoms with Crippen LogP contribution in [0, 0.1) is 0 Å². The normalized spacial score (nSPS) is 11.7. The quantitative estimate of drug-likeness (QED) is 0.689. The first-order valence-electron chi connectivity index (χ1n) is 7.74. The minimum Gasteiger partial charge on any atom is -0.494 e. The number of aromatic amines is 1. The molecule has 3 rings (SSSR count). The number of sulfonamides is 1. The Kier molecular flexibility index (Phi) is 4.82. The van der Waals surface area contributed by atoms with Gasteiger partial charge in [-0.05, 0) is 43.3 Å². The van der Waals surface area contributed by atoms with Crippen LogP contribution >= 0.6 is 0 Å². The van der Waals surface area contributed by atoms with Crippen LogP contribution in [0.4, 0.5) is 0 Å². The molecule has 1 heterocycles. The fraction of sp³-hybridized carbons (Fsp3) is 0.235. The molecule has 126 valence electrons. The van der Waals surface area contributed by atoms with Crippen LogP contribution in [0.25, 0.3) is 11.0 Å². The van der Waals surface area contributed by atoms with Gasteiger partial charge in [0.15, 0.2) is 0 Å². The topological polar surface area (TPSA) is 84.1 Å². The zero-order chi connectivity index (χ0) is 17.0. The van der Waals surface area contributed by atoms with Crippen molar-refractivity contribution in [3.05, 3.63) is 54.4 Å². The lowest BCUT2D eigenvalue weighted by molar-refractivity contribution is 0.340. The van der Waals surface area contributed by atoms with Gasteiger partial charge in [-0.15, -0.1) is 0 Å². The maximum absolute atomic E-state index is 12.3. The summed E-state index contributed by atoms with van der Waals surface area (Å²) in [5.74, 6) is 1.41. The van der Waals surface area contributed by atoms with Gasteiger partial charge in [-0.2, -0.15) is 0 Å². The van der Waals surface area contributed by atoms with E-state index in [0.29, 0.717) is 18.8 Å². The summed E-state index contributed by atoms with van der Waals surface area (Å²) in [5.41, 5.74) is 1.82. The van der Waals surface area contributed by atoms with E-state index in [1.54, 1.807) is 12.1 Å². The Morgan fingerprint density at radius 3 is 2.58 bits per heavy atom. The highest BCUT2D eigenvalue weighted by atomic mass is 32.2. The molecule has 0 fully saturated rings. The highest BCUT2D eigenvalue weighted by molar-refractivity contribution is 7.89. The molecule has 2 N–H and O–H groups in total. The van der Waals surface area contributed by atoms with E-state index < -0.39 is 10.0 Å². The monoisotopic (exact) mass is 345 g/mol. The second-order valence-corrected chi connectivity index (χ2v) is 7.02. The van der Waals surface area contributed by atoms with E-state index in [1.165, 1.54) is 12.1 Å². The predicted octanol–water partition coefficient (Wildman–Crippen LogP) is 2.48. The molecule has 0 saturated heterocycles. The van der Waals surface area contributed by atoms with Crippen LogP contribution in [0.1, 0.15) is 12.7 Å². The lowest BCUT2D eigenvalue weighted by Gasteiger charge is -2.07. The van der Waals surface area contributed by atoms with Gasteiger partial charge in [0, 0.05) is 13.0 Å². The van der Waals surface area contributed by atoms with E-state index in [1.807, 2.05) is 31.2 Å². The average molecular weight is 345 g/mol. The number of benzene rings is 2. The molecule has 24 heavy (non-hydrogen) atoms. The summed E-state index contributed by atoms with van der Waals surface area (Å²) in [6.07, 6.45) is 0.491. The lowest BCUT2D eigenvalue weighted by Crippen LogP contribution is -2.26. The smallest absolute Gasteiger partial charge is 0.240 e. The van der Waals surface area contributed by atoms with Gasteiger partial charge in [-0.1, -0.05) is 12.1 Å². The summed E-state index contributed by atoms with van der Waals surface area (Å²) in [7, 11) is -3.54. The first kappa shape index (κ1) is 16.5. The SMILES string of the molecule is CCOc1ccc(S(=O)(=O)NCCc2nc3ccccc3[nH]2)cc1. The number of nitrogens with one attached hydrogen (secondary N) is 2. The molecule has 0 spiro atoms. The summed E-state index contributed by atoms with van der Waals surface area (Å²) < 4.78 is 32.5. The Hall–Kier alpha value is -2.38. The minimum atomic E-state index is -3.54. The van der Waals surface area contributed by atoms with E-state index in [4.69, 9.17) is 4.74 Å². The molecule has 0 atom stereocenters. The third-order valence-corrected chi connectivity index (χ3v) is 5.01. The van der Waals surface area contributed by atoms with Crippen LogP contribution in [0.3, 0.4) is 0 Å². The van der Waals surface area contributed by atoms with Gasteiger partial charge in [-0.3, -0.25) is 0 Å². The zero-order valence-corrected chi connectivity index (χ0v) is 14.1. The van der Waals surface area contributed by atoms with Gasteiger partial charge < -0.3 is 9.72 Å². The fourth-order valence-corrected chi connectivity index (χ4v) is 3.42. The van der Waals surface area contributed by atoms with E-state index >= 15 is 0 Å². The molecule has 0 aliphatic carbocycles. The van der Waals surface area contributed by atoms with Crippen molar-refractivity contribution in [3.63, 3.8) is 0 Å². The zero-order valence-electron chi connectivity index (χ0n) is 13.3. The first-order valence-corrected chi connectivity index (χ1v) is 9.23. The maximum atomic E-state index is 12.3. The van der Waals surface area contributed by atoms with Crippen LogP contribution in [0.2, 0.25) is 0 Å². The summed E-state index contributed by atoms with van der Waals surface area (Å²) in [6.45, 7) is 2.70. The number of para-hydroxylation sites is 2. The van der Waals surface area contributed by atoms with Crippen molar-refractivity contribution in [1.29, 1.82) is 0 Å². The molecule has 0 aliphatic rings. The molecule has 0 bridgehead atoms. The molecule has 0 saturated carbocycles. The van der Waals surface area contributed by atoms with Gasteiger partial charge in [0.05, 0.1) is 22.5 Å². The van der Waals surface area contributed by atoms with Crippen LogP contribution in [0.15, 0.2) is 53.4 Å². The van der Waals surface area contributed by atoms with Crippen LogP contribution in [0.5, 0.6) is 5.75 Å². The third-order valence-electron chi connectivity index (χ3n) is 3.54. The summed E-state index contributed by atoms with van der Waals surface area (Å²) in [5, 5.41) is 0. The fourth-order valence-electron chi connectivity index (χ4n) is 2.39. The number of imidazole rings is 1. The van der Waals surface area contributed by atoms with E-state index in [-0.39, 0.29) is 11.4 Å². The van der Waals surface area contributed by atoms with Crippen molar-refractivity contribution in [2.75, 3.05) is 13.2 Å². The molecule has 7 heteroatoms. The maximum Gasteiger partial charge on any atom is 0.240 e. The minimum absolute atomic E-state index is 0.218. The number of hydrogen-bond acceptors (Lipinski definition) is 4. The van der Waals surface area contributed by atoms with Crippen molar-refractivity contribution in [2.45, 2.75) is 18.2 Å². The molecule has 2 aromatic carbocycles. The summed E-state index contributed by atoms with van der Waals surface area (Å²) in [4.78, 5) is 7.83. The van der Waals surface area contributed by atoms with E-state index in [2.05, 4.69) is 14.7 Å². The van der Waals surface area contributed by atoms with Crippen LogP contribution in [-0.2, 0) is 16.4 Å². The van der Waals surface area contributed by atoms with Crippen molar-refractivity contribution in [1.82, 2.24) is 14.7 Å². The highest BCUT2D eigenvalue weighted by Gasteiger charge is 2.13. The number of H-pyrrole nitrogens is 1. The number of rotatable bonds is 7. The van der Waals surface area contributed by atoms with Crippen molar-refractivity contribution >= 4 is 21.1 Å². The molecule has 0 aliphatic heterocycles. The molecule has 0 radical (unpaired) electrons. The van der Waals surface area contributed by atoms with Crippen LogP contribution < -0.4 is 9.46 Å². The molecule has 6 nitrogen and oxygen atoms in total. The first-order chi connectivity index (χ1) is 11.6. The van der Waals surface area contributed by atoms with Gasteiger partial charge in [-0.25, -0.2) is 18.1 Å². The van der Waals surface area contributed by atoms with Crippen molar-refractivity contribution in [3.8, 4) is 5.75 Å². The third kappa shape index (κ3) is 3.74. The molecule has 0 unspecified atom stereocenters. The van der Waals surface area contributed by atoms with E-state index in [0.717, 1.165) is 16.9 Å². The Morgan fingerprint density at radius 2 is 1.88 bits per heavy atom. The second kappa shape index (κ2) is 7.02. The summed E-state index contributed by atoms with van der Waals surface area (Å²) in [6, 6.07) is 14.1. The Bertz CT molecular complexity index is 885. The number of hydrogen-bond donors (Lipinski definition) is 2. The summed E-state index contributed by atoms with van der Waals surface area (Å²) >= 11 is 0. The van der Waals surface area contributed by atoms with Crippen molar-refractivity contribution in [2.24, 2.45) is 0 Å². The largest absolute Gasteiger partial charge is 0.494 e. The number of nitrogens with zero attached hydrogens (tertiary/aromatic N) is 1. The number of aromatic nitrogens is 2. The Labute approximate surface area is 140 Å². The highest BCUT2D eigenvalue weighted by Crippen LogP contribution is 2.16. The number of ether oxygens (including phenoxy) is 1. The van der Waals surface area contributed by atoms with Gasteiger partial charge >= 0.3 is 0 Å². The Balaban J connectivity index is 1.62. The average Bonchev–Trinajstić information content (AvgIpc) is 2.98. The predicted molar refractivity (Wildman–Crippen MR) is 92.6 cm³/mol. The van der Waals surface area contributed by atoms with Gasteiger partial charge in [0.2, 0.25) is 10.0 Å². The second-order valence-electron chi connectivity index (χ2n) is 5.25. The van der Waals surface area contributed by atoms with E-state index in [9.17, 15) is 8.42 Å². The number of fused-ring (bicyclic) bond motifs is 1. The molecule has 3 aromatic rings. The van der Waals surface area contributed by atoms with Gasteiger partial charge in [0.1, 0.15) is 11.6 Å². The van der Waals surface area contributed by atoms with Crippen molar-refractivity contribution < 1.29 is 13.2 Å². The molecular formula is C17H19N3O3S. The van der Waals surface area contributed by atoms with Gasteiger partial charge in [0.25, 0.3) is 0 Å². The molecule has 0 amide bonds. The Morgan fingerprint density at radius 1 is 1.12 bits per heavy atom. The lowest BCUT2D eigenvalue weighted by atomic mass is 10.3. The standard InChI is InChI=1S/C17H19N3O3S/c1-2-23-13-7-9-14(10-8-13)24(21,22)18-12-11-17-19-15-5-3-4-6-16(15)20-17/h3-10,18H,2,11-12H2,1H3,(H,19,20). The van der Waals surface area contributed by atoms with Crippen LogP contribution in [-0.4, -0.2) is 31.5 Å².